The fourth-order valence-electron chi connectivity index (χ4n) is 3.88. The molecule has 1 aliphatic heterocycles. The summed E-state index contributed by atoms with van der Waals surface area (Å²) in [4.78, 5) is 30.5. The zero-order chi connectivity index (χ0) is 26.0. The van der Waals surface area contributed by atoms with Crippen LogP contribution in [0.25, 0.3) is 10.9 Å². The van der Waals surface area contributed by atoms with Crippen LogP contribution in [-0.2, 0) is 17.5 Å². The van der Waals surface area contributed by atoms with E-state index < -0.39 is 23.8 Å². The Hall–Kier alpha value is -3.99. The molecule has 1 unspecified atom stereocenters. The van der Waals surface area contributed by atoms with Crippen molar-refractivity contribution in [2.75, 3.05) is 17.7 Å². The molecule has 1 amide bonds. The standard InChI is InChI=1S/C26H20F3N3O4S/c27-26(28,29)16-6-5-7-17(12-16)30-23(33)15-37-25-31-20-9-2-1-8-19(20)24(34)32(25)13-18-14-35-21-10-3-4-11-22(21)36-18/h1-12,18H,13-15H2,(H,30,33). The zero-order valence-corrected chi connectivity index (χ0v) is 20.0. The summed E-state index contributed by atoms with van der Waals surface area (Å²) in [7, 11) is 0. The minimum atomic E-state index is -4.52. The van der Waals surface area contributed by atoms with Gasteiger partial charge in [-0.25, -0.2) is 4.98 Å². The molecule has 7 nitrogen and oxygen atoms in total. The molecular formula is C26H20F3N3O4S. The highest BCUT2D eigenvalue weighted by atomic mass is 32.2. The molecule has 11 heteroatoms. The van der Waals surface area contributed by atoms with E-state index in [2.05, 4.69) is 10.3 Å². The van der Waals surface area contributed by atoms with Gasteiger partial charge >= 0.3 is 6.18 Å². The molecule has 1 N–H and O–H groups in total. The number of halogens is 3. The summed E-state index contributed by atoms with van der Waals surface area (Å²) in [6, 6.07) is 18.5. The van der Waals surface area contributed by atoms with Crippen molar-refractivity contribution >= 4 is 34.3 Å². The van der Waals surface area contributed by atoms with Crippen molar-refractivity contribution in [2.45, 2.75) is 24.0 Å². The van der Waals surface area contributed by atoms with Crippen molar-refractivity contribution in [3.8, 4) is 11.5 Å². The first-order valence-electron chi connectivity index (χ1n) is 11.3. The number of aromatic nitrogens is 2. The molecular weight excluding hydrogens is 507 g/mol. The fourth-order valence-corrected chi connectivity index (χ4v) is 4.68. The number of thioether (sulfide) groups is 1. The van der Waals surface area contributed by atoms with Gasteiger partial charge in [-0.05, 0) is 42.5 Å². The molecule has 1 aromatic heterocycles. The second kappa shape index (κ2) is 10.2. The molecule has 5 rings (SSSR count). The number of benzene rings is 3. The summed E-state index contributed by atoms with van der Waals surface area (Å²) in [6.45, 7) is 0.346. The van der Waals surface area contributed by atoms with Crippen LogP contribution in [0.2, 0.25) is 0 Å². The average molecular weight is 528 g/mol. The molecule has 190 valence electrons. The lowest BCUT2D eigenvalue weighted by molar-refractivity contribution is -0.137. The lowest BCUT2D eigenvalue weighted by Crippen LogP contribution is -2.37. The molecule has 1 aliphatic rings. The summed E-state index contributed by atoms with van der Waals surface area (Å²) in [5.74, 6) is 0.467. The highest BCUT2D eigenvalue weighted by molar-refractivity contribution is 7.99. The third-order valence-electron chi connectivity index (χ3n) is 5.59. The van der Waals surface area contributed by atoms with Crippen molar-refractivity contribution in [3.05, 3.63) is 88.7 Å². The Morgan fingerprint density at radius 3 is 2.62 bits per heavy atom. The van der Waals surface area contributed by atoms with Gasteiger partial charge < -0.3 is 14.8 Å². The van der Waals surface area contributed by atoms with Gasteiger partial charge in [-0.2, -0.15) is 13.2 Å². The summed E-state index contributed by atoms with van der Waals surface area (Å²) in [6.07, 6.45) is -5.00. The van der Waals surface area contributed by atoms with Crippen molar-refractivity contribution in [2.24, 2.45) is 0 Å². The van der Waals surface area contributed by atoms with E-state index in [1.165, 1.54) is 16.7 Å². The number of fused-ring (bicyclic) bond motifs is 2. The maximum atomic E-state index is 13.3. The molecule has 37 heavy (non-hydrogen) atoms. The Balaban J connectivity index is 1.36. The maximum absolute atomic E-state index is 13.3. The molecule has 1 atom stereocenters. The van der Waals surface area contributed by atoms with E-state index in [4.69, 9.17) is 9.47 Å². The smallest absolute Gasteiger partial charge is 0.416 e. The third kappa shape index (κ3) is 5.56. The summed E-state index contributed by atoms with van der Waals surface area (Å²) < 4.78 is 52.2. The van der Waals surface area contributed by atoms with Crippen LogP contribution >= 0.6 is 11.8 Å². The lowest BCUT2D eigenvalue weighted by atomic mass is 10.2. The molecule has 0 aliphatic carbocycles. The van der Waals surface area contributed by atoms with Crippen LogP contribution in [0.5, 0.6) is 11.5 Å². The van der Waals surface area contributed by atoms with Crippen LogP contribution in [-0.4, -0.2) is 33.9 Å². The van der Waals surface area contributed by atoms with E-state index in [-0.39, 0.29) is 35.3 Å². The molecule has 0 spiro atoms. The first-order valence-corrected chi connectivity index (χ1v) is 12.2. The minimum absolute atomic E-state index is 0.0238. The van der Waals surface area contributed by atoms with Gasteiger partial charge in [0.2, 0.25) is 5.91 Å². The predicted octanol–water partition coefficient (Wildman–Crippen LogP) is 4.99. The number of hydrogen-bond acceptors (Lipinski definition) is 6. The average Bonchev–Trinajstić information content (AvgIpc) is 2.89. The van der Waals surface area contributed by atoms with Crippen LogP contribution < -0.4 is 20.3 Å². The van der Waals surface area contributed by atoms with E-state index in [1.807, 2.05) is 12.1 Å². The zero-order valence-electron chi connectivity index (χ0n) is 19.2. The van der Waals surface area contributed by atoms with Crippen LogP contribution in [0.4, 0.5) is 18.9 Å². The van der Waals surface area contributed by atoms with Crippen LogP contribution in [0.15, 0.2) is 82.7 Å². The van der Waals surface area contributed by atoms with Gasteiger partial charge in [0.05, 0.1) is 28.8 Å². The SMILES string of the molecule is O=C(CSc1nc2ccccc2c(=O)n1CC1COc2ccccc2O1)Nc1cccc(C(F)(F)F)c1. The third-order valence-corrected chi connectivity index (χ3v) is 6.56. The molecule has 0 saturated carbocycles. The highest BCUT2D eigenvalue weighted by Gasteiger charge is 2.30. The normalized spacial score (nSPS) is 14.9. The predicted molar refractivity (Wildman–Crippen MR) is 133 cm³/mol. The van der Waals surface area contributed by atoms with E-state index >= 15 is 0 Å². The first kappa shape index (κ1) is 24.7. The topological polar surface area (TPSA) is 82.5 Å². The lowest BCUT2D eigenvalue weighted by Gasteiger charge is -2.27. The van der Waals surface area contributed by atoms with Crippen molar-refractivity contribution in [1.82, 2.24) is 9.55 Å². The number of hydrogen-bond donors (Lipinski definition) is 1. The van der Waals surface area contributed by atoms with Crippen LogP contribution in [0, 0.1) is 0 Å². The number of nitrogens with one attached hydrogen (secondary N) is 1. The molecule has 0 saturated heterocycles. The number of anilines is 1. The second-order valence-electron chi connectivity index (χ2n) is 8.24. The maximum Gasteiger partial charge on any atom is 0.416 e. The van der Waals surface area contributed by atoms with Crippen LogP contribution in [0.1, 0.15) is 5.56 Å². The molecule has 4 aromatic rings. The highest BCUT2D eigenvalue weighted by Crippen LogP contribution is 2.32. The molecule has 2 heterocycles. The number of rotatable bonds is 6. The molecule has 0 radical (unpaired) electrons. The summed E-state index contributed by atoms with van der Waals surface area (Å²) >= 11 is 1.01. The number of ether oxygens (including phenoxy) is 2. The van der Waals surface area contributed by atoms with E-state index in [9.17, 15) is 22.8 Å². The summed E-state index contributed by atoms with van der Waals surface area (Å²) in [5.41, 5.74) is -0.667. The molecule has 3 aromatic carbocycles. The minimum Gasteiger partial charge on any atom is -0.486 e. The largest absolute Gasteiger partial charge is 0.486 e. The number of alkyl halides is 3. The van der Waals surface area contributed by atoms with Gasteiger partial charge in [-0.3, -0.25) is 14.2 Å². The van der Waals surface area contributed by atoms with Gasteiger partial charge in [-0.15, -0.1) is 0 Å². The fraction of sp³-hybridized carbons (Fsp3) is 0.192. The number of amides is 1. The Morgan fingerprint density at radius 2 is 1.81 bits per heavy atom. The van der Waals surface area contributed by atoms with E-state index in [0.29, 0.717) is 22.4 Å². The number of carbonyl (C=O) groups excluding carboxylic acids is 1. The van der Waals surface area contributed by atoms with Gasteiger partial charge in [0.15, 0.2) is 22.8 Å². The first-order chi connectivity index (χ1) is 17.8. The Morgan fingerprint density at radius 1 is 1.05 bits per heavy atom. The summed E-state index contributed by atoms with van der Waals surface area (Å²) in [5, 5.41) is 3.17. The molecule has 0 fully saturated rings. The Kier molecular flexibility index (Phi) is 6.79. The monoisotopic (exact) mass is 527 g/mol. The van der Waals surface area contributed by atoms with Gasteiger partial charge in [-0.1, -0.05) is 42.1 Å². The number of nitrogens with zero attached hydrogens (tertiary/aromatic N) is 2. The second-order valence-corrected chi connectivity index (χ2v) is 9.18. The van der Waals surface area contributed by atoms with Gasteiger partial charge in [0.25, 0.3) is 5.56 Å². The van der Waals surface area contributed by atoms with Gasteiger partial charge in [0, 0.05) is 5.69 Å². The number of para-hydroxylation sites is 3. The Labute approximate surface area is 213 Å². The Bertz CT molecular complexity index is 1520. The van der Waals surface area contributed by atoms with E-state index in [1.54, 1.807) is 36.4 Å². The molecule has 0 bridgehead atoms. The van der Waals surface area contributed by atoms with Crippen LogP contribution in [0.3, 0.4) is 0 Å². The van der Waals surface area contributed by atoms with Gasteiger partial charge in [0.1, 0.15) is 6.61 Å². The van der Waals surface area contributed by atoms with Crippen molar-refractivity contribution in [1.29, 1.82) is 0 Å². The van der Waals surface area contributed by atoms with Crippen molar-refractivity contribution < 1.29 is 27.4 Å². The quantitative estimate of drug-likeness (QED) is 0.281. The van der Waals surface area contributed by atoms with E-state index in [0.717, 1.165) is 23.9 Å². The van der Waals surface area contributed by atoms with Crippen molar-refractivity contribution in [3.63, 3.8) is 0 Å². The number of carbonyl (C=O) groups is 1.